The largest absolute Gasteiger partial charge is 0.379 e. The zero-order valence-corrected chi connectivity index (χ0v) is 28.1. The first-order chi connectivity index (χ1) is 22.7. The van der Waals surface area contributed by atoms with Gasteiger partial charge in [-0.1, -0.05) is 0 Å². The first-order valence-electron chi connectivity index (χ1n) is 16.0. The minimum atomic E-state index is -0.0643. The Bertz CT molecular complexity index is 636. The van der Waals surface area contributed by atoms with Crippen LogP contribution in [0.15, 0.2) is 0 Å². The number of ether oxygens (including phenoxy) is 12. The van der Waals surface area contributed by atoms with E-state index in [0.29, 0.717) is 172 Å². The van der Waals surface area contributed by atoms with E-state index in [-0.39, 0.29) is 11.8 Å². The van der Waals surface area contributed by atoms with Gasteiger partial charge >= 0.3 is 0 Å². The lowest BCUT2D eigenvalue weighted by Crippen LogP contribution is -2.25. The van der Waals surface area contributed by atoms with Crippen LogP contribution in [-0.4, -0.2) is 184 Å². The molecule has 0 heterocycles. The Balaban J connectivity index is 3.06. The molecule has 0 aromatic carbocycles. The number of amides is 2. The summed E-state index contributed by atoms with van der Waals surface area (Å²) in [6.07, 6.45) is 0.353. The minimum absolute atomic E-state index is 0.0387. The molecule has 0 aliphatic heterocycles. The molecule has 0 aromatic rings. The molecule has 274 valence electrons. The molecule has 0 atom stereocenters. The van der Waals surface area contributed by atoms with E-state index < -0.39 is 0 Å². The van der Waals surface area contributed by atoms with Gasteiger partial charge < -0.3 is 67.5 Å². The van der Waals surface area contributed by atoms with Crippen LogP contribution in [0.3, 0.4) is 0 Å². The highest BCUT2D eigenvalue weighted by atomic mass is 16.6. The number of nitrogens with one attached hydrogen (secondary N) is 2. The van der Waals surface area contributed by atoms with Gasteiger partial charge in [-0.25, -0.2) is 0 Å². The molecular weight excluding hydrogens is 612 g/mol. The van der Waals surface area contributed by atoms with E-state index in [2.05, 4.69) is 10.6 Å². The number of hydrogen-bond acceptors (Lipinski definition) is 14. The number of hydrogen-bond donors (Lipinski definition) is 2. The van der Waals surface area contributed by atoms with Crippen molar-refractivity contribution in [2.75, 3.05) is 172 Å². The molecule has 0 unspecified atom stereocenters. The minimum Gasteiger partial charge on any atom is -0.379 e. The average Bonchev–Trinajstić information content (AvgIpc) is 3.05. The third-order valence-electron chi connectivity index (χ3n) is 5.46. The van der Waals surface area contributed by atoms with E-state index in [1.165, 1.54) is 6.92 Å². The molecular formula is C30H60N2O14. The Labute approximate surface area is 274 Å². The first-order valence-corrected chi connectivity index (χ1v) is 16.0. The zero-order valence-electron chi connectivity index (χ0n) is 28.1. The van der Waals surface area contributed by atoms with Crippen molar-refractivity contribution in [2.45, 2.75) is 13.3 Å². The van der Waals surface area contributed by atoms with E-state index >= 15 is 0 Å². The molecule has 16 heteroatoms. The van der Waals surface area contributed by atoms with Gasteiger partial charge in [0, 0.05) is 26.9 Å². The Morgan fingerprint density at radius 3 is 0.804 bits per heavy atom. The molecule has 0 spiro atoms. The van der Waals surface area contributed by atoms with Gasteiger partial charge in [-0.05, 0) is 0 Å². The second-order valence-electron chi connectivity index (χ2n) is 9.25. The van der Waals surface area contributed by atoms with Gasteiger partial charge in [-0.3, -0.25) is 9.59 Å². The normalized spacial score (nSPS) is 11.3. The topological polar surface area (TPSA) is 169 Å². The van der Waals surface area contributed by atoms with Gasteiger partial charge in [0.1, 0.15) is 0 Å². The van der Waals surface area contributed by atoms with Gasteiger partial charge in [-0.15, -0.1) is 0 Å². The zero-order chi connectivity index (χ0) is 33.4. The molecule has 0 aliphatic carbocycles. The summed E-state index contributed by atoms with van der Waals surface area (Å²) in [5.74, 6) is -0.103. The predicted octanol–water partition coefficient (Wildman–Crippen LogP) is -0.542. The molecule has 2 amide bonds. The molecule has 2 N–H and O–H groups in total. The molecule has 0 radical (unpaired) electrons. The highest BCUT2D eigenvalue weighted by Crippen LogP contribution is 1.88. The quantitative estimate of drug-likeness (QED) is 0.0799. The number of carbonyl (C=O) groups excluding carboxylic acids is 2. The smallest absolute Gasteiger partial charge is 0.222 e. The van der Waals surface area contributed by atoms with Crippen LogP contribution in [0, 0.1) is 0 Å². The van der Waals surface area contributed by atoms with E-state index in [9.17, 15) is 9.59 Å². The van der Waals surface area contributed by atoms with E-state index in [1.54, 1.807) is 7.05 Å². The van der Waals surface area contributed by atoms with E-state index in [1.807, 2.05) is 0 Å². The standard InChI is InChI=1S/C30H60N2O14/c1-29(33)32-4-6-36-8-10-38-12-14-40-16-18-42-20-22-44-24-26-46-28-27-45-25-23-43-21-19-41-17-15-39-13-11-37-9-7-35-5-3-30(34)31-2/h3-28H2,1-2H3,(H,31,34)(H,32,33). The van der Waals surface area contributed by atoms with Crippen LogP contribution >= 0.6 is 0 Å². The maximum atomic E-state index is 11.0. The fourth-order valence-corrected chi connectivity index (χ4v) is 3.11. The summed E-state index contributed by atoms with van der Waals surface area (Å²) in [7, 11) is 1.60. The fraction of sp³-hybridized carbons (Fsp3) is 0.933. The summed E-state index contributed by atoms with van der Waals surface area (Å²) in [4.78, 5) is 21.7. The Morgan fingerprint density at radius 1 is 0.370 bits per heavy atom. The van der Waals surface area contributed by atoms with Crippen LogP contribution in [0.4, 0.5) is 0 Å². The summed E-state index contributed by atoms with van der Waals surface area (Å²) >= 11 is 0. The third-order valence-corrected chi connectivity index (χ3v) is 5.46. The van der Waals surface area contributed by atoms with Gasteiger partial charge in [0.05, 0.1) is 159 Å². The van der Waals surface area contributed by atoms with E-state index in [0.717, 1.165) is 0 Å². The van der Waals surface area contributed by atoms with Crippen LogP contribution in [0.2, 0.25) is 0 Å². The number of rotatable bonds is 39. The molecule has 0 aromatic heterocycles. The number of carbonyl (C=O) groups is 2. The summed E-state index contributed by atoms with van der Waals surface area (Å²) in [5, 5.41) is 5.19. The SMILES string of the molecule is CNC(=O)CCOCCOCCOCCOCCOCCOCCOCCOCCOCCOCCOCCOCCNC(C)=O. The van der Waals surface area contributed by atoms with Crippen molar-refractivity contribution in [1.29, 1.82) is 0 Å². The van der Waals surface area contributed by atoms with Crippen LogP contribution in [0.5, 0.6) is 0 Å². The van der Waals surface area contributed by atoms with Gasteiger partial charge in [0.25, 0.3) is 0 Å². The second-order valence-corrected chi connectivity index (χ2v) is 9.25. The highest BCUT2D eigenvalue weighted by molar-refractivity contribution is 5.75. The van der Waals surface area contributed by atoms with Crippen LogP contribution in [0.1, 0.15) is 13.3 Å². The third kappa shape index (κ3) is 40.5. The molecule has 0 saturated heterocycles. The Morgan fingerprint density at radius 2 is 0.587 bits per heavy atom. The first kappa shape index (κ1) is 44.5. The van der Waals surface area contributed by atoms with Crippen molar-refractivity contribution in [3.05, 3.63) is 0 Å². The van der Waals surface area contributed by atoms with Crippen LogP contribution < -0.4 is 10.6 Å². The van der Waals surface area contributed by atoms with Crippen molar-refractivity contribution < 1.29 is 66.4 Å². The monoisotopic (exact) mass is 672 g/mol. The Kier molecular flexibility index (Phi) is 38.3. The molecule has 0 fully saturated rings. The summed E-state index contributed by atoms with van der Waals surface area (Å²) < 4.78 is 65.0. The van der Waals surface area contributed by atoms with Crippen LogP contribution in [0.25, 0.3) is 0 Å². The van der Waals surface area contributed by atoms with Crippen LogP contribution in [-0.2, 0) is 66.4 Å². The summed E-state index contributed by atoms with van der Waals surface area (Å²) in [6, 6.07) is 0. The lowest BCUT2D eigenvalue weighted by Gasteiger charge is -2.09. The Hall–Kier alpha value is -1.54. The van der Waals surface area contributed by atoms with Crippen molar-refractivity contribution >= 4 is 11.8 Å². The molecule has 0 aliphatic rings. The van der Waals surface area contributed by atoms with Crippen molar-refractivity contribution in [3.63, 3.8) is 0 Å². The van der Waals surface area contributed by atoms with Crippen molar-refractivity contribution in [2.24, 2.45) is 0 Å². The second kappa shape index (κ2) is 39.6. The lowest BCUT2D eigenvalue weighted by atomic mass is 10.4. The molecule has 0 saturated carbocycles. The molecule has 16 nitrogen and oxygen atoms in total. The van der Waals surface area contributed by atoms with Crippen molar-refractivity contribution in [3.8, 4) is 0 Å². The summed E-state index contributed by atoms with van der Waals surface area (Å²) in [6.45, 7) is 13.6. The fourth-order valence-electron chi connectivity index (χ4n) is 3.11. The molecule has 0 bridgehead atoms. The van der Waals surface area contributed by atoms with Gasteiger partial charge in [0.15, 0.2) is 0 Å². The molecule has 46 heavy (non-hydrogen) atoms. The summed E-state index contributed by atoms with van der Waals surface area (Å²) in [5.41, 5.74) is 0. The maximum absolute atomic E-state index is 11.0. The maximum Gasteiger partial charge on any atom is 0.222 e. The lowest BCUT2D eigenvalue weighted by molar-refractivity contribution is -0.122. The van der Waals surface area contributed by atoms with Gasteiger partial charge in [0.2, 0.25) is 11.8 Å². The highest BCUT2D eigenvalue weighted by Gasteiger charge is 1.98. The predicted molar refractivity (Wildman–Crippen MR) is 167 cm³/mol. The average molecular weight is 673 g/mol. The van der Waals surface area contributed by atoms with Crippen molar-refractivity contribution in [1.82, 2.24) is 10.6 Å². The van der Waals surface area contributed by atoms with E-state index in [4.69, 9.17) is 56.8 Å². The molecule has 0 rings (SSSR count). The van der Waals surface area contributed by atoms with Gasteiger partial charge in [-0.2, -0.15) is 0 Å².